The van der Waals surface area contributed by atoms with Gasteiger partial charge >= 0.3 is 0 Å². The molecule has 0 aromatic carbocycles. The molecule has 0 aliphatic carbocycles. The summed E-state index contributed by atoms with van der Waals surface area (Å²) in [6.45, 7) is 4.54. The molecule has 0 aliphatic rings. The van der Waals surface area contributed by atoms with Crippen molar-refractivity contribution < 1.29 is 0 Å². The third kappa shape index (κ3) is 12.9. The number of hydrogen-bond donors (Lipinski definition) is 0. The summed E-state index contributed by atoms with van der Waals surface area (Å²) >= 11 is 0. The Kier molecular flexibility index (Phi) is 13.7. The summed E-state index contributed by atoms with van der Waals surface area (Å²) in [6.07, 6.45) is 12.9. The Balaban J connectivity index is 2.76. The summed E-state index contributed by atoms with van der Waals surface area (Å²) in [5.41, 5.74) is 0. The van der Waals surface area contributed by atoms with E-state index in [1.807, 2.05) is 0 Å². The molecule has 0 spiro atoms. The fourth-order valence-corrected chi connectivity index (χ4v) is 3.47. The molecule has 78 valence electrons. The van der Waals surface area contributed by atoms with E-state index in [1.165, 1.54) is 57.3 Å². The Labute approximate surface area is 88.1 Å². The molecule has 0 aromatic heterocycles. The average Bonchev–Trinajstić information content (AvgIpc) is 2.16. The van der Waals surface area contributed by atoms with E-state index in [1.54, 1.807) is 16.5 Å². The van der Waals surface area contributed by atoms with Crippen molar-refractivity contribution in [1.82, 2.24) is 0 Å². The highest BCUT2D eigenvalue weighted by molar-refractivity contribution is 8.11. The minimum absolute atomic E-state index is 1.33. The lowest BCUT2D eigenvalue weighted by atomic mass is 10.1. The maximum atomic E-state index is 2.28. The zero-order valence-corrected chi connectivity index (χ0v) is 11.0. The summed E-state index contributed by atoms with van der Waals surface area (Å²) in [5.74, 6) is 0. The van der Waals surface area contributed by atoms with Crippen molar-refractivity contribution in [1.29, 1.82) is 0 Å². The smallest absolute Gasteiger partial charge is 0.0242 e. The van der Waals surface area contributed by atoms with Crippen molar-refractivity contribution >= 4 is 16.5 Å². The van der Waals surface area contributed by atoms with E-state index in [2.05, 4.69) is 13.8 Å². The van der Waals surface area contributed by atoms with Crippen LogP contribution in [-0.2, 0) is 0 Å². The molecule has 0 unspecified atom stereocenters. The van der Waals surface area contributed by atoms with Gasteiger partial charge in [0.1, 0.15) is 0 Å². The van der Waals surface area contributed by atoms with Crippen LogP contribution in [-0.4, -0.2) is 12.3 Å². The van der Waals surface area contributed by atoms with E-state index in [0.29, 0.717) is 0 Å². The second-order valence-corrected chi connectivity index (χ2v) is 6.79. The molecule has 0 rings (SSSR count). The summed E-state index contributed by atoms with van der Waals surface area (Å²) in [6, 6.07) is 0. The van der Waals surface area contributed by atoms with Crippen LogP contribution in [0.15, 0.2) is 0 Å². The molecule has 0 aromatic rings. The van der Waals surface area contributed by atoms with Gasteiger partial charge in [-0.05, 0) is 35.3 Å². The first-order valence-corrected chi connectivity index (χ1v) is 8.61. The molecule has 0 bridgehead atoms. The SMILES string of the molecule is CCCCCCCCC[P][P]CC. The number of hydrogen-bond acceptors (Lipinski definition) is 0. The molecular formula is C11H24P2. The first-order chi connectivity index (χ1) is 6.41. The average molecular weight is 218 g/mol. The van der Waals surface area contributed by atoms with Crippen LogP contribution in [0.5, 0.6) is 0 Å². The first kappa shape index (κ1) is 13.9. The van der Waals surface area contributed by atoms with Crippen LogP contribution >= 0.6 is 16.5 Å². The largest absolute Gasteiger partial charge is 0.0654 e. The minimum atomic E-state index is 1.33. The van der Waals surface area contributed by atoms with E-state index < -0.39 is 0 Å². The van der Waals surface area contributed by atoms with Crippen LogP contribution in [0.2, 0.25) is 0 Å². The zero-order chi connectivity index (χ0) is 9.78. The molecule has 0 aliphatic heterocycles. The van der Waals surface area contributed by atoms with E-state index in [4.69, 9.17) is 0 Å². The van der Waals surface area contributed by atoms with Crippen molar-refractivity contribution in [3.63, 3.8) is 0 Å². The third-order valence-electron chi connectivity index (χ3n) is 2.10. The van der Waals surface area contributed by atoms with E-state index in [0.717, 1.165) is 0 Å². The molecule has 0 amide bonds. The lowest BCUT2D eigenvalue weighted by Crippen LogP contribution is -1.80. The quantitative estimate of drug-likeness (QED) is 0.332. The lowest BCUT2D eigenvalue weighted by Gasteiger charge is -2.00. The Bertz CT molecular complexity index is 74.2. The second-order valence-electron chi connectivity index (χ2n) is 3.44. The van der Waals surface area contributed by atoms with Crippen LogP contribution in [0, 0.1) is 0 Å². The highest BCUT2D eigenvalue weighted by atomic mass is 32.0. The van der Waals surface area contributed by atoms with E-state index in [9.17, 15) is 0 Å². The molecule has 0 saturated heterocycles. The predicted molar refractivity (Wildman–Crippen MR) is 67.2 cm³/mol. The third-order valence-corrected chi connectivity index (χ3v) is 5.15. The van der Waals surface area contributed by atoms with E-state index in [-0.39, 0.29) is 0 Å². The molecule has 0 saturated carbocycles. The van der Waals surface area contributed by atoms with Crippen molar-refractivity contribution in [2.45, 2.75) is 58.8 Å². The van der Waals surface area contributed by atoms with Crippen LogP contribution in [0.1, 0.15) is 58.8 Å². The van der Waals surface area contributed by atoms with Gasteiger partial charge in [-0.15, -0.1) is 0 Å². The summed E-state index contributed by atoms with van der Waals surface area (Å²) in [5, 5.41) is 0. The normalized spacial score (nSPS) is 12.5. The van der Waals surface area contributed by atoms with Gasteiger partial charge < -0.3 is 0 Å². The van der Waals surface area contributed by atoms with Crippen molar-refractivity contribution in [3.8, 4) is 0 Å². The van der Waals surface area contributed by atoms with Gasteiger partial charge in [-0.3, -0.25) is 0 Å². The van der Waals surface area contributed by atoms with Gasteiger partial charge in [0.2, 0.25) is 0 Å². The summed E-state index contributed by atoms with van der Waals surface area (Å²) < 4.78 is 0. The molecule has 0 nitrogen and oxygen atoms in total. The second kappa shape index (κ2) is 12.9. The Morgan fingerprint density at radius 1 is 0.692 bits per heavy atom. The van der Waals surface area contributed by atoms with Gasteiger partial charge in [0.15, 0.2) is 0 Å². The Morgan fingerprint density at radius 2 is 1.31 bits per heavy atom. The lowest BCUT2D eigenvalue weighted by molar-refractivity contribution is 0.603. The molecular weight excluding hydrogens is 194 g/mol. The maximum Gasteiger partial charge on any atom is -0.0242 e. The van der Waals surface area contributed by atoms with Gasteiger partial charge in [-0.1, -0.05) is 52.4 Å². The fraction of sp³-hybridized carbons (Fsp3) is 1.00. The maximum absolute atomic E-state index is 2.28. The van der Waals surface area contributed by atoms with Crippen molar-refractivity contribution in [3.05, 3.63) is 0 Å². The van der Waals surface area contributed by atoms with Crippen LogP contribution in [0.25, 0.3) is 0 Å². The summed E-state index contributed by atoms with van der Waals surface area (Å²) in [4.78, 5) is 0. The van der Waals surface area contributed by atoms with Gasteiger partial charge in [-0.25, -0.2) is 0 Å². The van der Waals surface area contributed by atoms with E-state index >= 15 is 0 Å². The van der Waals surface area contributed by atoms with Crippen molar-refractivity contribution in [2.75, 3.05) is 12.3 Å². The standard InChI is InChI=1S/C11H24P2/c1-3-5-6-7-8-9-10-11-13-12-4-2/h3-11H2,1-2H3. The fourth-order valence-electron chi connectivity index (χ4n) is 1.31. The van der Waals surface area contributed by atoms with Gasteiger partial charge in [0, 0.05) is 0 Å². The summed E-state index contributed by atoms with van der Waals surface area (Å²) in [7, 11) is 3.28. The monoisotopic (exact) mass is 218 g/mol. The molecule has 0 N–H and O–H groups in total. The minimum Gasteiger partial charge on any atom is -0.0654 e. The van der Waals surface area contributed by atoms with Gasteiger partial charge in [0.25, 0.3) is 0 Å². The highest BCUT2D eigenvalue weighted by Gasteiger charge is 1.91. The molecule has 2 radical (unpaired) electrons. The van der Waals surface area contributed by atoms with Crippen molar-refractivity contribution in [2.24, 2.45) is 0 Å². The molecule has 0 fully saturated rings. The number of unbranched alkanes of at least 4 members (excludes halogenated alkanes) is 6. The van der Waals surface area contributed by atoms with Crippen LogP contribution < -0.4 is 0 Å². The molecule has 2 heteroatoms. The predicted octanol–water partition coefficient (Wildman–Crippen LogP) is 5.56. The highest BCUT2D eigenvalue weighted by Crippen LogP contribution is 2.36. The number of rotatable bonds is 10. The van der Waals surface area contributed by atoms with Crippen LogP contribution in [0.3, 0.4) is 0 Å². The Morgan fingerprint density at radius 3 is 1.92 bits per heavy atom. The topological polar surface area (TPSA) is 0 Å². The zero-order valence-electron chi connectivity index (χ0n) is 9.26. The van der Waals surface area contributed by atoms with Crippen LogP contribution in [0.4, 0.5) is 0 Å². The Hall–Kier alpha value is 0.860. The van der Waals surface area contributed by atoms with Gasteiger partial charge in [-0.2, -0.15) is 0 Å². The molecule has 13 heavy (non-hydrogen) atoms. The molecule has 0 heterocycles. The molecule has 0 atom stereocenters. The van der Waals surface area contributed by atoms with Gasteiger partial charge in [0.05, 0.1) is 0 Å². The first-order valence-electron chi connectivity index (χ1n) is 5.75.